The molecule has 2 aromatic rings. The fourth-order valence-corrected chi connectivity index (χ4v) is 2.54. The quantitative estimate of drug-likeness (QED) is 0.792. The number of para-hydroxylation sites is 1. The average Bonchev–Trinajstić information content (AvgIpc) is 2.54. The summed E-state index contributed by atoms with van der Waals surface area (Å²) in [7, 11) is 0. The zero-order valence-corrected chi connectivity index (χ0v) is 14.4. The summed E-state index contributed by atoms with van der Waals surface area (Å²) in [6.45, 7) is 5.84. The monoisotopic (exact) mass is 333 g/mol. The van der Waals surface area contributed by atoms with Crippen molar-refractivity contribution in [3.05, 3.63) is 65.2 Å². The third-order valence-corrected chi connectivity index (χ3v) is 3.98. The number of hydrogen-bond acceptors (Lipinski definition) is 3. The minimum absolute atomic E-state index is 0.224. The van der Waals surface area contributed by atoms with Gasteiger partial charge in [0.2, 0.25) is 0 Å². The molecule has 0 amide bonds. The first-order valence-corrected chi connectivity index (χ1v) is 8.27. The van der Waals surface area contributed by atoms with Gasteiger partial charge in [0.25, 0.3) is 0 Å². The number of benzene rings is 2. The molecular formula is C19H24ClNO2. The van der Waals surface area contributed by atoms with Crippen molar-refractivity contribution in [1.29, 1.82) is 0 Å². The van der Waals surface area contributed by atoms with E-state index in [1.54, 1.807) is 12.1 Å². The van der Waals surface area contributed by atoms with Gasteiger partial charge in [0.15, 0.2) is 0 Å². The van der Waals surface area contributed by atoms with Crippen LogP contribution in [0.4, 0.5) is 0 Å². The smallest absolute Gasteiger partial charge is 0.138 e. The average molecular weight is 334 g/mol. The predicted molar refractivity (Wildman–Crippen MR) is 94.9 cm³/mol. The fourth-order valence-electron chi connectivity index (χ4n) is 2.35. The Morgan fingerprint density at radius 3 is 2.35 bits per heavy atom. The number of nitrogens with zero attached hydrogens (tertiary/aromatic N) is 1. The molecule has 2 aromatic carbocycles. The second-order valence-electron chi connectivity index (χ2n) is 5.90. The van der Waals surface area contributed by atoms with E-state index in [9.17, 15) is 5.11 Å². The second-order valence-corrected chi connectivity index (χ2v) is 6.31. The molecule has 23 heavy (non-hydrogen) atoms. The minimum Gasteiger partial charge on any atom is -0.489 e. The van der Waals surface area contributed by atoms with Gasteiger partial charge in [-0.1, -0.05) is 54.1 Å². The summed E-state index contributed by atoms with van der Waals surface area (Å²) in [5, 5.41) is 10.8. The predicted octanol–water partition coefficient (Wildman–Crippen LogP) is 3.99. The first kappa shape index (κ1) is 17.8. The largest absolute Gasteiger partial charge is 0.489 e. The normalized spacial score (nSPS) is 12.6. The van der Waals surface area contributed by atoms with E-state index in [2.05, 4.69) is 30.9 Å². The van der Waals surface area contributed by atoms with Crippen LogP contribution < -0.4 is 4.74 Å². The highest BCUT2D eigenvalue weighted by molar-refractivity contribution is 6.32. The van der Waals surface area contributed by atoms with Crippen molar-refractivity contribution in [2.45, 2.75) is 32.5 Å². The van der Waals surface area contributed by atoms with Crippen LogP contribution in [0.5, 0.6) is 5.75 Å². The summed E-state index contributed by atoms with van der Waals surface area (Å²) in [6, 6.07) is 17.9. The zero-order valence-electron chi connectivity index (χ0n) is 13.7. The molecule has 0 saturated carbocycles. The van der Waals surface area contributed by atoms with Crippen molar-refractivity contribution in [1.82, 2.24) is 4.90 Å². The van der Waals surface area contributed by atoms with Crippen molar-refractivity contribution in [3.63, 3.8) is 0 Å². The molecule has 3 nitrogen and oxygen atoms in total. The minimum atomic E-state index is -0.572. The second kappa shape index (κ2) is 8.92. The van der Waals surface area contributed by atoms with Crippen molar-refractivity contribution in [2.75, 3.05) is 13.2 Å². The fraction of sp³-hybridized carbons (Fsp3) is 0.368. The van der Waals surface area contributed by atoms with Gasteiger partial charge in [0.1, 0.15) is 18.5 Å². The molecule has 0 aliphatic rings. The van der Waals surface area contributed by atoms with Crippen molar-refractivity contribution < 1.29 is 9.84 Å². The van der Waals surface area contributed by atoms with Crippen LogP contribution in [0.15, 0.2) is 54.6 Å². The Morgan fingerprint density at radius 1 is 1.04 bits per heavy atom. The maximum absolute atomic E-state index is 10.3. The Morgan fingerprint density at radius 2 is 1.70 bits per heavy atom. The molecule has 0 radical (unpaired) electrons. The Hall–Kier alpha value is -1.55. The Bertz CT molecular complexity index is 589. The molecule has 124 valence electrons. The first-order valence-electron chi connectivity index (χ1n) is 7.89. The maximum Gasteiger partial charge on any atom is 0.138 e. The number of rotatable bonds is 8. The molecule has 1 atom stereocenters. The highest BCUT2D eigenvalue weighted by Gasteiger charge is 2.16. The molecule has 0 saturated heterocycles. The van der Waals surface area contributed by atoms with Crippen LogP contribution in [0.1, 0.15) is 19.4 Å². The lowest BCUT2D eigenvalue weighted by Crippen LogP contribution is -2.39. The standard InChI is InChI=1S/C19H24ClNO2/c1-15(2)21(12-16-8-4-3-5-9-16)13-17(22)14-23-19-11-7-6-10-18(19)20/h3-11,15,17,22H,12-14H2,1-2H3. The number of aliphatic hydroxyl groups is 1. The summed E-state index contributed by atoms with van der Waals surface area (Å²) in [5.74, 6) is 0.604. The van der Waals surface area contributed by atoms with Gasteiger partial charge in [0.05, 0.1) is 5.02 Å². The lowest BCUT2D eigenvalue weighted by atomic mass is 10.1. The Balaban J connectivity index is 1.88. The van der Waals surface area contributed by atoms with E-state index in [0.717, 1.165) is 6.54 Å². The highest BCUT2D eigenvalue weighted by Crippen LogP contribution is 2.23. The molecule has 0 aromatic heterocycles. The molecule has 0 spiro atoms. The van der Waals surface area contributed by atoms with Crippen LogP contribution in [0.25, 0.3) is 0 Å². The molecule has 0 aliphatic carbocycles. The van der Waals surface area contributed by atoms with Crippen LogP contribution in [0.2, 0.25) is 5.02 Å². The van der Waals surface area contributed by atoms with Crippen molar-refractivity contribution >= 4 is 11.6 Å². The Labute approximate surface area is 143 Å². The lowest BCUT2D eigenvalue weighted by Gasteiger charge is -2.28. The SMILES string of the molecule is CC(C)N(Cc1ccccc1)CC(O)COc1ccccc1Cl. The van der Waals surface area contributed by atoms with Crippen LogP contribution in [0.3, 0.4) is 0 Å². The van der Waals surface area contributed by atoms with Crippen molar-refractivity contribution in [3.8, 4) is 5.75 Å². The van der Waals surface area contributed by atoms with E-state index >= 15 is 0 Å². The van der Waals surface area contributed by atoms with Crippen molar-refractivity contribution in [2.24, 2.45) is 0 Å². The van der Waals surface area contributed by atoms with E-state index in [1.165, 1.54) is 5.56 Å². The van der Waals surface area contributed by atoms with E-state index in [0.29, 0.717) is 23.4 Å². The van der Waals surface area contributed by atoms with Gasteiger partial charge in [-0.2, -0.15) is 0 Å². The van der Waals surface area contributed by atoms with Gasteiger partial charge in [-0.05, 0) is 31.5 Å². The third-order valence-electron chi connectivity index (χ3n) is 3.67. The summed E-state index contributed by atoms with van der Waals surface area (Å²) in [5.41, 5.74) is 1.24. The van der Waals surface area contributed by atoms with E-state index in [-0.39, 0.29) is 6.61 Å². The molecule has 1 N–H and O–H groups in total. The van der Waals surface area contributed by atoms with Gasteiger partial charge in [0, 0.05) is 19.1 Å². The van der Waals surface area contributed by atoms with Crippen LogP contribution in [0, 0.1) is 0 Å². The Kier molecular flexibility index (Phi) is 6.90. The van der Waals surface area contributed by atoms with Gasteiger partial charge in [-0.3, -0.25) is 4.90 Å². The van der Waals surface area contributed by atoms with Crippen LogP contribution in [-0.2, 0) is 6.54 Å². The van der Waals surface area contributed by atoms with Gasteiger partial charge in [-0.25, -0.2) is 0 Å². The van der Waals surface area contributed by atoms with Gasteiger partial charge in [-0.15, -0.1) is 0 Å². The summed E-state index contributed by atoms with van der Waals surface area (Å²) >= 11 is 6.05. The number of hydrogen-bond donors (Lipinski definition) is 1. The molecule has 4 heteroatoms. The topological polar surface area (TPSA) is 32.7 Å². The molecular weight excluding hydrogens is 310 g/mol. The number of ether oxygens (including phenoxy) is 1. The molecule has 1 unspecified atom stereocenters. The zero-order chi connectivity index (χ0) is 16.7. The highest BCUT2D eigenvalue weighted by atomic mass is 35.5. The molecule has 0 heterocycles. The summed E-state index contributed by atoms with van der Waals surface area (Å²) < 4.78 is 5.62. The summed E-state index contributed by atoms with van der Waals surface area (Å²) in [6.07, 6.45) is -0.572. The summed E-state index contributed by atoms with van der Waals surface area (Å²) in [4.78, 5) is 2.23. The van der Waals surface area contributed by atoms with E-state index in [1.807, 2.05) is 30.3 Å². The number of aliphatic hydroxyl groups excluding tert-OH is 1. The van der Waals surface area contributed by atoms with E-state index in [4.69, 9.17) is 16.3 Å². The lowest BCUT2D eigenvalue weighted by molar-refractivity contribution is 0.0543. The molecule has 0 fully saturated rings. The first-order chi connectivity index (χ1) is 11.1. The third kappa shape index (κ3) is 5.87. The maximum atomic E-state index is 10.3. The van der Waals surface area contributed by atoms with Crippen LogP contribution in [-0.4, -0.2) is 35.3 Å². The molecule has 0 aliphatic heterocycles. The number of halogens is 1. The van der Waals surface area contributed by atoms with Gasteiger partial charge < -0.3 is 9.84 Å². The molecule has 2 rings (SSSR count). The van der Waals surface area contributed by atoms with E-state index < -0.39 is 6.10 Å². The van der Waals surface area contributed by atoms with Crippen LogP contribution >= 0.6 is 11.6 Å². The molecule has 0 bridgehead atoms. The van der Waals surface area contributed by atoms with Gasteiger partial charge >= 0.3 is 0 Å².